The fourth-order valence-electron chi connectivity index (χ4n) is 3.38. The quantitative estimate of drug-likeness (QED) is 0.306. The van der Waals surface area contributed by atoms with Gasteiger partial charge in [-0.05, 0) is 12.0 Å². The molecule has 3 nitrogen and oxygen atoms in total. The molecule has 0 aliphatic rings. The van der Waals surface area contributed by atoms with Crippen molar-refractivity contribution in [2.75, 3.05) is 6.54 Å². The predicted molar refractivity (Wildman–Crippen MR) is 113 cm³/mol. The smallest absolute Gasteiger partial charge is 0.222 e. The van der Waals surface area contributed by atoms with Gasteiger partial charge in [0.1, 0.15) is 0 Å². The Morgan fingerprint density at radius 1 is 0.889 bits per heavy atom. The standard InChI is InChI=1S/C24H38N2O/c1-2-3-4-5-6-7-8-9-10-11-15-19-24(27)26(21-16-20-25)22-23-17-13-12-14-18-23/h12-14,17-18H,2-11,15-16,19,21-22H2,1H3. The van der Waals surface area contributed by atoms with Gasteiger partial charge in [0.25, 0.3) is 0 Å². The highest BCUT2D eigenvalue weighted by atomic mass is 16.2. The van der Waals surface area contributed by atoms with Gasteiger partial charge in [-0.1, -0.05) is 101 Å². The molecule has 0 unspecified atom stereocenters. The summed E-state index contributed by atoms with van der Waals surface area (Å²) in [5.41, 5.74) is 1.13. The molecule has 0 saturated carbocycles. The number of nitriles is 1. The van der Waals surface area contributed by atoms with E-state index in [1.807, 2.05) is 35.2 Å². The lowest BCUT2D eigenvalue weighted by Crippen LogP contribution is -2.31. The van der Waals surface area contributed by atoms with E-state index < -0.39 is 0 Å². The summed E-state index contributed by atoms with van der Waals surface area (Å²) in [4.78, 5) is 14.4. The van der Waals surface area contributed by atoms with Crippen LogP contribution < -0.4 is 0 Å². The number of hydrogen-bond donors (Lipinski definition) is 0. The Kier molecular flexibility index (Phi) is 14.1. The monoisotopic (exact) mass is 370 g/mol. The summed E-state index contributed by atoms with van der Waals surface area (Å²) in [6.07, 6.45) is 15.2. The number of carbonyl (C=O) groups is 1. The van der Waals surface area contributed by atoms with E-state index in [2.05, 4.69) is 13.0 Å². The molecule has 0 heterocycles. The molecule has 0 atom stereocenters. The van der Waals surface area contributed by atoms with Crippen molar-refractivity contribution < 1.29 is 4.79 Å². The minimum absolute atomic E-state index is 0.185. The van der Waals surface area contributed by atoms with E-state index >= 15 is 0 Å². The molecule has 0 aliphatic heterocycles. The van der Waals surface area contributed by atoms with E-state index in [1.165, 1.54) is 57.8 Å². The largest absolute Gasteiger partial charge is 0.337 e. The first-order valence-electron chi connectivity index (χ1n) is 11.0. The molecule has 27 heavy (non-hydrogen) atoms. The molecule has 0 N–H and O–H groups in total. The molecule has 1 aromatic carbocycles. The Hall–Kier alpha value is -1.82. The summed E-state index contributed by atoms with van der Waals surface area (Å²) in [6.45, 7) is 3.40. The van der Waals surface area contributed by atoms with E-state index in [0.29, 0.717) is 25.9 Å². The fourth-order valence-corrected chi connectivity index (χ4v) is 3.38. The Bertz CT molecular complexity index is 521. The summed E-state index contributed by atoms with van der Waals surface area (Å²) >= 11 is 0. The molecular weight excluding hydrogens is 332 g/mol. The predicted octanol–water partition coefficient (Wildman–Crippen LogP) is 6.63. The number of rotatable bonds is 16. The highest BCUT2D eigenvalue weighted by Crippen LogP contribution is 2.13. The van der Waals surface area contributed by atoms with Gasteiger partial charge in [-0.3, -0.25) is 4.79 Å². The maximum absolute atomic E-state index is 12.5. The molecule has 0 saturated heterocycles. The molecule has 0 spiro atoms. The van der Waals surface area contributed by atoms with Crippen molar-refractivity contribution in [1.29, 1.82) is 5.26 Å². The van der Waals surface area contributed by atoms with Crippen LogP contribution in [0.5, 0.6) is 0 Å². The van der Waals surface area contributed by atoms with Crippen LogP contribution in [0, 0.1) is 11.3 Å². The van der Waals surface area contributed by atoms with Gasteiger partial charge in [-0.2, -0.15) is 5.26 Å². The molecule has 0 bridgehead atoms. The van der Waals surface area contributed by atoms with E-state index in [9.17, 15) is 4.79 Å². The maximum atomic E-state index is 12.5. The molecule has 0 fully saturated rings. The molecule has 0 radical (unpaired) electrons. The minimum Gasteiger partial charge on any atom is -0.337 e. The van der Waals surface area contributed by atoms with Crippen LogP contribution in [-0.4, -0.2) is 17.4 Å². The number of hydrogen-bond acceptors (Lipinski definition) is 2. The zero-order valence-corrected chi connectivity index (χ0v) is 17.3. The van der Waals surface area contributed by atoms with Crippen molar-refractivity contribution >= 4 is 5.91 Å². The second-order valence-corrected chi connectivity index (χ2v) is 7.49. The van der Waals surface area contributed by atoms with Crippen LogP contribution in [0.2, 0.25) is 0 Å². The first-order valence-corrected chi connectivity index (χ1v) is 11.0. The summed E-state index contributed by atoms with van der Waals surface area (Å²) in [6, 6.07) is 12.2. The van der Waals surface area contributed by atoms with Gasteiger partial charge >= 0.3 is 0 Å². The van der Waals surface area contributed by atoms with Gasteiger partial charge in [0.2, 0.25) is 5.91 Å². The van der Waals surface area contributed by atoms with E-state index in [-0.39, 0.29) is 5.91 Å². The maximum Gasteiger partial charge on any atom is 0.222 e. The van der Waals surface area contributed by atoms with Gasteiger partial charge < -0.3 is 4.90 Å². The second-order valence-electron chi connectivity index (χ2n) is 7.49. The highest BCUT2D eigenvalue weighted by Gasteiger charge is 2.13. The molecule has 150 valence electrons. The lowest BCUT2D eigenvalue weighted by Gasteiger charge is -2.22. The minimum atomic E-state index is 0.185. The van der Waals surface area contributed by atoms with Crippen molar-refractivity contribution in [3.05, 3.63) is 35.9 Å². The summed E-state index contributed by atoms with van der Waals surface area (Å²) in [7, 11) is 0. The van der Waals surface area contributed by atoms with Crippen LogP contribution in [0.25, 0.3) is 0 Å². The molecule has 0 aromatic heterocycles. The molecule has 3 heteroatoms. The van der Waals surface area contributed by atoms with E-state index in [1.54, 1.807) is 0 Å². The zero-order valence-electron chi connectivity index (χ0n) is 17.3. The Labute approximate surface area is 166 Å². The third-order valence-corrected chi connectivity index (χ3v) is 5.06. The number of benzene rings is 1. The third-order valence-electron chi connectivity index (χ3n) is 5.06. The SMILES string of the molecule is CCCCCCCCCCCCCC(=O)N(CCC#N)Cc1ccccc1. The highest BCUT2D eigenvalue weighted by molar-refractivity contribution is 5.76. The van der Waals surface area contributed by atoms with E-state index in [4.69, 9.17) is 5.26 Å². The van der Waals surface area contributed by atoms with Crippen LogP contribution >= 0.6 is 0 Å². The average molecular weight is 371 g/mol. The van der Waals surface area contributed by atoms with Crippen LogP contribution in [0.15, 0.2) is 30.3 Å². The van der Waals surface area contributed by atoms with Gasteiger partial charge in [-0.25, -0.2) is 0 Å². The summed E-state index contributed by atoms with van der Waals surface area (Å²) in [5, 5.41) is 8.85. The van der Waals surface area contributed by atoms with Gasteiger partial charge in [0, 0.05) is 19.5 Å². The van der Waals surface area contributed by atoms with E-state index in [0.717, 1.165) is 18.4 Å². The van der Waals surface area contributed by atoms with Crippen molar-refractivity contribution in [2.45, 2.75) is 96.9 Å². The number of nitrogens with zero attached hydrogens (tertiary/aromatic N) is 2. The van der Waals surface area contributed by atoms with Crippen LogP contribution in [0.1, 0.15) is 96.0 Å². The lowest BCUT2D eigenvalue weighted by molar-refractivity contribution is -0.131. The second kappa shape index (κ2) is 16.4. The van der Waals surface area contributed by atoms with Crippen LogP contribution in [0.3, 0.4) is 0 Å². The van der Waals surface area contributed by atoms with Crippen molar-refractivity contribution in [3.8, 4) is 6.07 Å². The fraction of sp³-hybridized carbons (Fsp3) is 0.667. The normalized spacial score (nSPS) is 10.5. The zero-order chi connectivity index (χ0) is 19.6. The Morgan fingerprint density at radius 2 is 1.44 bits per heavy atom. The molecule has 1 aromatic rings. The number of unbranched alkanes of at least 4 members (excludes halogenated alkanes) is 10. The Balaban J connectivity index is 2.14. The van der Waals surface area contributed by atoms with Crippen molar-refractivity contribution in [3.63, 3.8) is 0 Å². The molecule has 0 aliphatic carbocycles. The van der Waals surface area contributed by atoms with Crippen LogP contribution in [0.4, 0.5) is 0 Å². The first-order chi connectivity index (χ1) is 13.3. The lowest BCUT2D eigenvalue weighted by atomic mass is 10.0. The first kappa shape index (κ1) is 23.2. The van der Waals surface area contributed by atoms with Crippen molar-refractivity contribution in [1.82, 2.24) is 4.90 Å². The van der Waals surface area contributed by atoms with Crippen LogP contribution in [-0.2, 0) is 11.3 Å². The van der Waals surface area contributed by atoms with Gasteiger partial charge in [-0.15, -0.1) is 0 Å². The van der Waals surface area contributed by atoms with Gasteiger partial charge in [0.05, 0.1) is 12.5 Å². The van der Waals surface area contributed by atoms with Crippen molar-refractivity contribution in [2.24, 2.45) is 0 Å². The Morgan fingerprint density at radius 3 is 2.00 bits per heavy atom. The third kappa shape index (κ3) is 12.2. The molecule has 1 amide bonds. The summed E-state index contributed by atoms with van der Waals surface area (Å²) < 4.78 is 0. The number of carbonyl (C=O) groups excluding carboxylic acids is 1. The van der Waals surface area contributed by atoms with Gasteiger partial charge in [0.15, 0.2) is 0 Å². The molecular formula is C24H38N2O. The molecule has 1 rings (SSSR count). The number of amides is 1. The summed E-state index contributed by atoms with van der Waals surface area (Å²) in [5.74, 6) is 0.185. The average Bonchev–Trinajstić information content (AvgIpc) is 2.70. The topological polar surface area (TPSA) is 44.1 Å².